The number of benzene rings is 2. The second-order valence-electron chi connectivity index (χ2n) is 5.51. The van der Waals surface area contributed by atoms with Crippen molar-refractivity contribution in [2.24, 2.45) is 0 Å². The van der Waals surface area contributed by atoms with Crippen molar-refractivity contribution in [2.45, 2.75) is 25.3 Å². The van der Waals surface area contributed by atoms with E-state index < -0.39 is 0 Å². The second kappa shape index (κ2) is 8.32. The van der Waals surface area contributed by atoms with E-state index in [1.54, 1.807) is 23.1 Å². The van der Waals surface area contributed by atoms with E-state index in [1.807, 2.05) is 49.4 Å². The molecule has 1 amide bonds. The average Bonchev–Trinajstić information content (AvgIpc) is 3.02. The van der Waals surface area contributed by atoms with Crippen LogP contribution in [0.15, 0.2) is 59.5 Å². The van der Waals surface area contributed by atoms with E-state index in [0.29, 0.717) is 6.54 Å². The Balaban J connectivity index is 1.72. The number of amides is 1. The van der Waals surface area contributed by atoms with E-state index in [2.05, 4.69) is 29.4 Å². The van der Waals surface area contributed by atoms with E-state index in [0.717, 1.165) is 37.4 Å². The van der Waals surface area contributed by atoms with Crippen molar-refractivity contribution in [3.05, 3.63) is 70.7 Å². The normalized spacial score (nSPS) is 10.6. The minimum absolute atomic E-state index is 0.0365. The molecule has 128 valence electrons. The number of nitrogens with zero attached hydrogens (tertiary/aromatic N) is 1. The van der Waals surface area contributed by atoms with Crippen molar-refractivity contribution in [1.82, 2.24) is 10.3 Å². The molecule has 0 aliphatic heterocycles. The van der Waals surface area contributed by atoms with Gasteiger partial charge in [0.2, 0.25) is 0 Å². The Kier molecular flexibility index (Phi) is 5.89. The van der Waals surface area contributed by atoms with Crippen molar-refractivity contribution >= 4 is 29.0 Å². The lowest BCUT2D eigenvalue weighted by molar-refractivity contribution is 0.0948. The number of thioether (sulfide) groups is 1. The summed E-state index contributed by atoms with van der Waals surface area (Å²) in [5.74, 6) is 0.907. The van der Waals surface area contributed by atoms with Gasteiger partial charge in [-0.25, -0.2) is 4.98 Å². The predicted octanol–water partition coefficient (Wildman–Crippen LogP) is 5.16. The molecule has 0 saturated carbocycles. The van der Waals surface area contributed by atoms with Crippen LogP contribution >= 0.6 is 23.1 Å². The summed E-state index contributed by atoms with van der Waals surface area (Å²) in [5.41, 5.74) is 2.82. The Morgan fingerprint density at radius 2 is 1.84 bits per heavy atom. The second-order valence-corrected chi connectivity index (χ2v) is 7.89. The highest BCUT2D eigenvalue weighted by Crippen LogP contribution is 2.28. The smallest absolute Gasteiger partial charge is 0.252 e. The summed E-state index contributed by atoms with van der Waals surface area (Å²) in [6.45, 7) is 4.58. The van der Waals surface area contributed by atoms with Crippen LogP contribution in [0.5, 0.6) is 0 Å². The minimum Gasteiger partial charge on any atom is -0.347 e. The van der Waals surface area contributed by atoms with Gasteiger partial charge in [0.25, 0.3) is 5.91 Å². The first kappa shape index (κ1) is 17.7. The zero-order valence-electron chi connectivity index (χ0n) is 14.3. The third kappa shape index (κ3) is 4.30. The Hall–Kier alpha value is -2.11. The average molecular weight is 369 g/mol. The molecule has 0 aliphatic carbocycles. The van der Waals surface area contributed by atoms with Crippen molar-refractivity contribution in [2.75, 3.05) is 5.75 Å². The summed E-state index contributed by atoms with van der Waals surface area (Å²) in [4.78, 5) is 19.3. The van der Waals surface area contributed by atoms with E-state index >= 15 is 0 Å². The first-order chi connectivity index (χ1) is 12.2. The Morgan fingerprint density at radius 1 is 1.12 bits per heavy atom. The molecule has 1 heterocycles. The highest BCUT2D eigenvalue weighted by atomic mass is 32.2. The van der Waals surface area contributed by atoms with Crippen LogP contribution in [0.3, 0.4) is 0 Å². The highest BCUT2D eigenvalue weighted by Gasteiger charge is 2.13. The van der Waals surface area contributed by atoms with E-state index in [4.69, 9.17) is 0 Å². The molecular formula is C20H20N2OS2. The maximum Gasteiger partial charge on any atom is 0.252 e. The Morgan fingerprint density at radius 3 is 2.60 bits per heavy atom. The fraction of sp³-hybridized carbons (Fsp3) is 0.200. The topological polar surface area (TPSA) is 42.0 Å². The summed E-state index contributed by atoms with van der Waals surface area (Å²) in [5, 5.41) is 4.03. The number of hydrogen-bond acceptors (Lipinski definition) is 4. The van der Waals surface area contributed by atoms with Gasteiger partial charge in [0.05, 0.1) is 17.8 Å². The quantitative estimate of drug-likeness (QED) is 0.611. The molecular weight excluding hydrogens is 348 g/mol. The maximum absolute atomic E-state index is 12.6. The molecule has 0 unspecified atom stereocenters. The van der Waals surface area contributed by atoms with Crippen molar-refractivity contribution < 1.29 is 4.79 Å². The molecule has 0 aliphatic rings. The molecule has 0 spiro atoms. The molecule has 1 aromatic heterocycles. The SMILES string of the molecule is CCSc1ccccc1C(=O)NCc1sc(-c2ccccc2)nc1C. The standard InChI is InChI=1S/C20H20N2OS2/c1-3-24-17-12-8-7-11-16(17)19(23)21-13-18-14(2)22-20(25-18)15-9-5-4-6-10-15/h4-12H,3,13H2,1-2H3,(H,21,23). The van der Waals surface area contributed by atoms with E-state index in [-0.39, 0.29) is 5.91 Å². The van der Waals surface area contributed by atoms with Crippen LogP contribution in [0.2, 0.25) is 0 Å². The monoisotopic (exact) mass is 368 g/mol. The number of hydrogen-bond donors (Lipinski definition) is 1. The molecule has 1 N–H and O–H groups in total. The molecule has 3 aromatic rings. The fourth-order valence-electron chi connectivity index (χ4n) is 2.49. The zero-order valence-corrected chi connectivity index (χ0v) is 15.9. The molecule has 3 rings (SSSR count). The summed E-state index contributed by atoms with van der Waals surface area (Å²) in [6, 6.07) is 17.9. The minimum atomic E-state index is -0.0365. The zero-order chi connectivity index (χ0) is 17.6. The van der Waals surface area contributed by atoms with Crippen LogP contribution in [0.25, 0.3) is 10.6 Å². The predicted molar refractivity (Wildman–Crippen MR) is 106 cm³/mol. The maximum atomic E-state index is 12.6. The fourth-order valence-corrected chi connectivity index (χ4v) is 4.30. The molecule has 0 saturated heterocycles. The van der Waals surface area contributed by atoms with Gasteiger partial charge in [-0.15, -0.1) is 23.1 Å². The third-order valence-corrected chi connectivity index (χ3v) is 5.92. The molecule has 0 atom stereocenters. The lowest BCUT2D eigenvalue weighted by Gasteiger charge is -2.08. The Labute approximate surface area is 156 Å². The molecule has 0 radical (unpaired) electrons. The van der Waals surface area contributed by atoms with Crippen molar-refractivity contribution in [3.8, 4) is 10.6 Å². The number of aromatic nitrogens is 1. The summed E-state index contributed by atoms with van der Waals surface area (Å²) in [6.07, 6.45) is 0. The van der Waals surface area contributed by atoms with Gasteiger partial charge in [-0.3, -0.25) is 4.79 Å². The molecule has 0 bridgehead atoms. The van der Waals surface area contributed by atoms with Crippen molar-refractivity contribution in [1.29, 1.82) is 0 Å². The number of nitrogens with one attached hydrogen (secondary N) is 1. The molecule has 25 heavy (non-hydrogen) atoms. The summed E-state index contributed by atoms with van der Waals surface area (Å²) >= 11 is 3.32. The number of thiazole rings is 1. The molecule has 5 heteroatoms. The van der Waals surface area contributed by atoms with Gasteiger partial charge in [0.1, 0.15) is 5.01 Å². The van der Waals surface area contributed by atoms with Gasteiger partial charge in [0.15, 0.2) is 0 Å². The van der Waals surface area contributed by atoms with Crippen LogP contribution in [-0.2, 0) is 6.54 Å². The lowest BCUT2D eigenvalue weighted by Crippen LogP contribution is -2.23. The highest BCUT2D eigenvalue weighted by molar-refractivity contribution is 7.99. The number of aryl methyl sites for hydroxylation is 1. The largest absolute Gasteiger partial charge is 0.347 e. The number of carbonyl (C=O) groups excluding carboxylic acids is 1. The van der Waals surface area contributed by atoms with Gasteiger partial charge >= 0.3 is 0 Å². The van der Waals surface area contributed by atoms with Gasteiger partial charge in [-0.05, 0) is 24.8 Å². The Bertz CT molecular complexity index is 859. The van der Waals surface area contributed by atoms with Gasteiger partial charge < -0.3 is 5.32 Å². The summed E-state index contributed by atoms with van der Waals surface area (Å²) < 4.78 is 0. The van der Waals surface area contributed by atoms with Gasteiger partial charge in [0, 0.05) is 15.3 Å². The van der Waals surface area contributed by atoms with E-state index in [9.17, 15) is 4.79 Å². The summed E-state index contributed by atoms with van der Waals surface area (Å²) in [7, 11) is 0. The van der Waals surface area contributed by atoms with Gasteiger partial charge in [-0.2, -0.15) is 0 Å². The van der Waals surface area contributed by atoms with Gasteiger partial charge in [-0.1, -0.05) is 49.4 Å². The molecule has 0 fully saturated rings. The number of rotatable bonds is 6. The number of carbonyl (C=O) groups is 1. The van der Waals surface area contributed by atoms with Crippen LogP contribution in [0.4, 0.5) is 0 Å². The van der Waals surface area contributed by atoms with Crippen LogP contribution in [-0.4, -0.2) is 16.6 Å². The first-order valence-electron chi connectivity index (χ1n) is 8.20. The van der Waals surface area contributed by atoms with Crippen LogP contribution in [0.1, 0.15) is 27.9 Å². The van der Waals surface area contributed by atoms with Crippen LogP contribution in [0, 0.1) is 6.92 Å². The molecule has 2 aromatic carbocycles. The van der Waals surface area contributed by atoms with E-state index in [1.165, 1.54) is 0 Å². The lowest BCUT2D eigenvalue weighted by atomic mass is 10.2. The first-order valence-corrected chi connectivity index (χ1v) is 10.0. The van der Waals surface area contributed by atoms with Crippen molar-refractivity contribution in [3.63, 3.8) is 0 Å². The third-order valence-electron chi connectivity index (χ3n) is 3.75. The molecule has 3 nitrogen and oxygen atoms in total. The van der Waals surface area contributed by atoms with Crippen LogP contribution < -0.4 is 5.32 Å².